The van der Waals surface area contributed by atoms with Crippen molar-refractivity contribution in [2.75, 3.05) is 13.1 Å². The monoisotopic (exact) mass is 346 g/mol. The van der Waals surface area contributed by atoms with Crippen LogP contribution in [0, 0.1) is 5.41 Å². The van der Waals surface area contributed by atoms with Crippen LogP contribution in [0.25, 0.3) is 0 Å². The number of aromatic nitrogens is 1. The first-order valence-corrected chi connectivity index (χ1v) is 8.57. The van der Waals surface area contributed by atoms with Crippen LogP contribution >= 0.6 is 0 Å². The second-order valence-electron chi connectivity index (χ2n) is 8.39. The minimum atomic E-state index is -0.487. The van der Waals surface area contributed by atoms with Gasteiger partial charge < -0.3 is 18.9 Å². The number of carbonyl (C=O) groups is 2. The summed E-state index contributed by atoms with van der Waals surface area (Å²) in [6.07, 6.45) is 3.14. The molecule has 3 heterocycles. The molecule has 0 radical (unpaired) electrons. The summed E-state index contributed by atoms with van der Waals surface area (Å²) in [6, 6.07) is 1.79. The molecular weight excluding hydrogens is 324 g/mol. The van der Waals surface area contributed by atoms with Gasteiger partial charge in [-0.15, -0.1) is 0 Å². The number of hydrogen-bond acceptors (Lipinski definition) is 5. The lowest BCUT2D eigenvalue weighted by atomic mass is 9.60. The lowest BCUT2D eigenvalue weighted by Gasteiger charge is -2.58. The normalized spacial score (nSPS) is 21.4. The SMILES string of the molecule is CC(C)(C)OC(=O)N1CC2(CC(n3ccc4c(c3=O)COC4=O)C2)C1. The van der Waals surface area contributed by atoms with E-state index in [-0.39, 0.29) is 29.7 Å². The zero-order valence-corrected chi connectivity index (χ0v) is 14.7. The Hall–Kier alpha value is -2.31. The van der Waals surface area contributed by atoms with Crippen LogP contribution in [0.5, 0.6) is 0 Å². The third-order valence-electron chi connectivity index (χ3n) is 5.22. The smallest absolute Gasteiger partial charge is 0.410 e. The predicted molar refractivity (Wildman–Crippen MR) is 88.3 cm³/mol. The van der Waals surface area contributed by atoms with Crippen molar-refractivity contribution in [2.24, 2.45) is 5.41 Å². The van der Waals surface area contributed by atoms with Crippen LogP contribution in [0.2, 0.25) is 0 Å². The highest BCUT2D eigenvalue weighted by Crippen LogP contribution is 2.54. The molecular formula is C18H22N2O5. The fraction of sp³-hybridized carbons (Fsp3) is 0.611. The first-order valence-electron chi connectivity index (χ1n) is 8.57. The molecule has 0 N–H and O–H groups in total. The second-order valence-corrected chi connectivity index (χ2v) is 8.39. The van der Waals surface area contributed by atoms with E-state index in [1.165, 1.54) is 0 Å². The molecule has 0 bridgehead atoms. The van der Waals surface area contributed by atoms with Crippen molar-refractivity contribution in [1.82, 2.24) is 9.47 Å². The fourth-order valence-electron chi connectivity index (χ4n) is 4.04. The number of carbonyl (C=O) groups excluding carboxylic acids is 2. The van der Waals surface area contributed by atoms with E-state index in [0.717, 1.165) is 12.8 Å². The van der Waals surface area contributed by atoms with Gasteiger partial charge in [0, 0.05) is 30.7 Å². The lowest BCUT2D eigenvalue weighted by molar-refractivity contribution is -0.0913. The Bertz CT molecular complexity index is 806. The van der Waals surface area contributed by atoms with Crippen LogP contribution in [0.1, 0.15) is 55.6 Å². The summed E-state index contributed by atoms with van der Waals surface area (Å²) in [7, 11) is 0. The number of esters is 1. The summed E-state index contributed by atoms with van der Waals surface area (Å²) in [5.74, 6) is -0.420. The molecule has 1 aliphatic carbocycles. The van der Waals surface area contributed by atoms with Crippen LogP contribution in [-0.4, -0.2) is 40.2 Å². The summed E-state index contributed by atoms with van der Waals surface area (Å²) < 4.78 is 12.0. The number of nitrogens with zero attached hydrogens (tertiary/aromatic N) is 2. The zero-order chi connectivity index (χ0) is 18.0. The van der Waals surface area contributed by atoms with E-state index in [1.54, 1.807) is 21.7 Å². The zero-order valence-electron chi connectivity index (χ0n) is 14.7. The molecule has 2 fully saturated rings. The molecule has 0 aromatic carbocycles. The minimum Gasteiger partial charge on any atom is -0.457 e. The van der Waals surface area contributed by atoms with Crippen molar-refractivity contribution in [3.63, 3.8) is 0 Å². The number of hydrogen-bond donors (Lipinski definition) is 0. The molecule has 3 aliphatic rings. The largest absolute Gasteiger partial charge is 0.457 e. The second kappa shape index (κ2) is 5.09. The summed E-state index contributed by atoms with van der Waals surface area (Å²) in [5, 5.41) is 0. The number of fused-ring (bicyclic) bond motifs is 1. The van der Waals surface area contributed by atoms with Crippen LogP contribution in [0.4, 0.5) is 4.79 Å². The Kier molecular flexibility index (Phi) is 3.30. The van der Waals surface area contributed by atoms with E-state index < -0.39 is 11.6 Å². The maximum atomic E-state index is 12.5. The molecule has 4 rings (SSSR count). The molecule has 0 unspecified atom stereocenters. The number of likely N-dealkylation sites (tertiary alicyclic amines) is 1. The number of rotatable bonds is 1. The van der Waals surface area contributed by atoms with Gasteiger partial charge in [-0.1, -0.05) is 0 Å². The van der Waals surface area contributed by atoms with Crippen molar-refractivity contribution < 1.29 is 19.1 Å². The molecule has 7 nitrogen and oxygen atoms in total. The predicted octanol–water partition coefficient (Wildman–Crippen LogP) is 2.09. The summed E-state index contributed by atoms with van der Waals surface area (Å²) >= 11 is 0. The van der Waals surface area contributed by atoms with E-state index in [1.807, 2.05) is 20.8 Å². The Morgan fingerprint density at radius 1 is 1.28 bits per heavy atom. The van der Waals surface area contributed by atoms with Gasteiger partial charge >= 0.3 is 12.1 Å². The van der Waals surface area contributed by atoms with Crippen LogP contribution in [0.15, 0.2) is 17.1 Å². The molecule has 7 heteroatoms. The quantitative estimate of drug-likeness (QED) is 0.728. The Balaban J connectivity index is 1.39. The van der Waals surface area contributed by atoms with Crippen LogP contribution in [0.3, 0.4) is 0 Å². The summed E-state index contributed by atoms with van der Waals surface area (Å²) in [4.78, 5) is 37.8. The van der Waals surface area contributed by atoms with Crippen LogP contribution < -0.4 is 5.56 Å². The first kappa shape index (κ1) is 16.2. The molecule has 1 saturated heterocycles. The Morgan fingerprint density at radius 2 is 1.96 bits per heavy atom. The van der Waals surface area contributed by atoms with Gasteiger partial charge in [-0.2, -0.15) is 0 Å². The minimum absolute atomic E-state index is 0.0676. The van der Waals surface area contributed by atoms with Crippen molar-refractivity contribution >= 4 is 12.1 Å². The van der Waals surface area contributed by atoms with E-state index in [2.05, 4.69) is 0 Å². The average molecular weight is 346 g/mol. The molecule has 1 amide bonds. The number of amides is 1. The number of ether oxygens (including phenoxy) is 2. The third kappa shape index (κ3) is 2.62. The van der Waals surface area contributed by atoms with Gasteiger partial charge in [0.1, 0.15) is 12.2 Å². The topological polar surface area (TPSA) is 77.8 Å². The van der Waals surface area contributed by atoms with Crippen molar-refractivity contribution in [1.29, 1.82) is 0 Å². The van der Waals surface area contributed by atoms with Crippen LogP contribution in [-0.2, 0) is 16.1 Å². The van der Waals surface area contributed by atoms with Crippen molar-refractivity contribution in [3.8, 4) is 0 Å². The van der Waals surface area contributed by atoms with E-state index in [9.17, 15) is 14.4 Å². The van der Waals surface area contributed by atoms with E-state index in [4.69, 9.17) is 9.47 Å². The molecule has 1 aromatic rings. The van der Waals surface area contributed by atoms with Gasteiger partial charge in [0.2, 0.25) is 0 Å². The Labute approximate surface area is 145 Å². The number of pyridine rings is 1. The molecule has 1 spiro atoms. The van der Waals surface area contributed by atoms with E-state index in [0.29, 0.717) is 24.2 Å². The van der Waals surface area contributed by atoms with Gasteiger partial charge in [-0.3, -0.25) is 4.79 Å². The molecule has 0 atom stereocenters. The highest BCUT2D eigenvalue weighted by Gasteiger charge is 2.55. The van der Waals surface area contributed by atoms with Gasteiger partial charge in [0.25, 0.3) is 5.56 Å². The lowest BCUT2D eigenvalue weighted by Crippen LogP contribution is -2.64. The number of cyclic esters (lactones) is 1. The molecule has 134 valence electrons. The van der Waals surface area contributed by atoms with Crippen molar-refractivity contribution in [3.05, 3.63) is 33.7 Å². The molecule has 25 heavy (non-hydrogen) atoms. The maximum Gasteiger partial charge on any atom is 0.410 e. The fourth-order valence-corrected chi connectivity index (χ4v) is 4.04. The highest BCUT2D eigenvalue weighted by atomic mass is 16.6. The third-order valence-corrected chi connectivity index (χ3v) is 5.22. The standard InChI is InChI=1S/C18H22N2O5/c1-17(2,3)25-16(23)19-9-18(10-19)6-11(7-18)20-5-4-12-13(14(20)21)8-24-15(12)22/h4-5,11H,6-10H2,1-3H3. The Morgan fingerprint density at radius 3 is 2.60 bits per heavy atom. The summed E-state index contributed by atoms with van der Waals surface area (Å²) in [6.45, 7) is 7.00. The molecule has 1 aromatic heterocycles. The van der Waals surface area contributed by atoms with Gasteiger partial charge in [-0.25, -0.2) is 9.59 Å². The van der Waals surface area contributed by atoms with E-state index >= 15 is 0 Å². The highest BCUT2D eigenvalue weighted by molar-refractivity contribution is 5.93. The maximum absolute atomic E-state index is 12.5. The van der Waals surface area contributed by atoms with Gasteiger partial charge in [-0.05, 0) is 39.7 Å². The summed E-state index contributed by atoms with van der Waals surface area (Å²) in [5.41, 5.74) is 0.324. The molecule has 1 saturated carbocycles. The molecule has 2 aliphatic heterocycles. The van der Waals surface area contributed by atoms with Gasteiger partial charge in [0.05, 0.1) is 11.1 Å². The first-order chi connectivity index (χ1) is 11.7. The van der Waals surface area contributed by atoms with Gasteiger partial charge in [0.15, 0.2) is 0 Å². The van der Waals surface area contributed by atoms with Crippen molar-refractivity contribution in [2.45, 2.75) is 51.9 Å². The average Bonchev–Trinajstić information content (AvgIpc) is 2.78.